The maximum atomic E-state index is 12.4. The molecule has 1 amide bonds. The molecule has 0 aliphatic carbocycles. The zero-order valence-electron chi connectivity index (χ0n) is 14.2. The Balaban J connectivity index is 1.33. The van der Waals surface area contributed by atoms with Crippen molar-refractivity contribution in [3.05, 3.63) is 35.4 Å². The number of likely N-dealkylation sites (tertiary alicyclic amines) is 1. The van der Waals surface area contributed by atoms with E-state index < -0.39 is 0 Å². The molecule has 0 spiro atoms. The van der Waals surface area contributed by atoms with Crippen LogP contribution in [0.3, 0.4) is 0 Å². The number of hydrogen-bond donors (Lipinski definition) is 0. The molecular weight excluding hydrogens is 352 g/mol. The number of thioether (sulfide) groups is 1. The van der Waals surface area contributed by atoms with Crippen molar-refractivity contribution < 1.29 is 4.79 Å². The predicted octanol–water partition coefficient (Wildman–Crippen LogP) is 3.67. The van der Waals surface area contributed by atoms with E-state index in [1.165, 1.54) is 18.4 Å². The van der Waals surface area contributed by atoms with Crippen molar-refractivity contribution in [2.45, 2.75) is 35.8 Å². The van der Waals surface area contributed by atoms with Crippen LogP contribution in [-0.2, 0) is 5.75 Å². The first-order valence-electron chi connectivity index (χ1n) is 8.89. The second kappa shape index (κ2) is 7.74. The van der Waals surface area contributed by atoms with E-state index in [4.69, 9.17) is 0 Å². The van der Waals surface area contributed by atoms with Gasteiger partial charge in [-0.25, -0.2) is 0 Å². The summed E-state index contributed by atoms with van der Waals surface area (Å²) in [6.45, 7) is 4.00. The van der Waals surface area contributed by atoms with Crippen molar-refractivity contribution in [2.75, 3.05) is 31.1 Å². The minimum absolute atomic E-state index is 0.163. The molecule has 2 aliphatic heterocycles. The summed E-state index contributed by atoms with van der Waals surface area (Å²) in [4.78, 5) is 16.6. The van der Waals surface area contributed by atoms with Gasteiger partial charge in [0.05, 0.1) is 0 Å². The van der Waals surface area contributed by atoms with Crippen molar-refractivity contribution in [3.8, 4) is 0 Å². The number of aromatic nitrogens is 2. The summed E-state index contributed by atoms with van der Waals surface area (Å²) in [5.41, 5.74) is 2.00. The van der Waals surface area contributed by atoms with Crippen LogP contribution in [0.4, 0.5) is 5.13 Å². The highest BCUT2D eigenvalue weighted by molar-refractivity contribution is 8.00. The van der Waals surface area contributed by atoms with E-state index in [1.54, 1.807) is 23.1 Å². The lowest BCUT2D eigenvalue weighted by atomic mass is 10.1. The van der Waals surface area contributed by atoms with Gasteiger partial charge in [-0.05, 0) is 43.4 Å². The van der Waals surface area contributed by atoms with Crippen molar-refractivity contribution >= 4 is 34.1 Å². The summed E-state index contributed by atoms with van der Waals surface area (Å²) in [7, 11) is 0. The Kier molecular flexibility index (Phi) is 5.22. The molecule has 0 saturated carbocycles. The normalized spacial score (nSPS) is 17.4. The Morgan fingerprint density at radius 2 is 1.68 bits per heavy atom. The van der Waals surface area contributed by atoms with Crippen LogP contribution in [0.5, 0.6) is 0 Å². The molecule has 2 saturated heterocycles. The first kappa shape index (κ1) is 16.8. The number of nitrogens with zero attached hydrogens (tertiary/aromatic N) is 4. The molecule has 0 atom stereocenters. The van der Waals surface area contributed by atoms with Gasteiger partial charge >= 0.3 is 0 Å². The summed E-state index contributed by atoms with van der Waals surface area (Å²) in [6.07, 6.45) is 4.76. The molecular formula is C18H22N4OS2. The third-order valence-corrected chi connectivity index (χ3v) is 6.92. The summed E-state index contributed by atoms with van der Waals surface area (Å²) in [5.74, 6) is 1.02. The Bertz CT molecular complexity index is 719. The molecule has 0 radical (unpaired) electrons. The smallest absolute Gasteiger partial charge is 0.253 e. The Hall–Kier alpha value is -1.60. The summed E-state index contributed by atoms with van der Waals surface area (Å²) in [6, 6.07) is 8.01. The fourth-order valence-corrected chi connectivity index (χ4v) is 5.14. The van der Waals surface area contributed by atoms with Gasteiger partial charge in [-0.3, -0.25) is 4.79 Å². The number of rotatable bonds is 5. The molecule has 1 aromatic heterocycles. The number of hydrogen-bond acceptors (Lipinski definition) is 6. The van der Waals surface area contributed by atoms with Gasteiger partial charge in [-0.2, -0.15) is 0 Å². The van der Waals surface area contributed by atoms with Crippen LogP contribution in [-0.4, -0.2) is 47.2 Å². The summed E-state index contributed by atoms with van der Waals surface area (Å²) >= 11 is 3.40. The fraction of sp³-hybridized carbons (Fsp3) is 0.500. The lowest BCUT2D eigenvalue weighted by molar-refractivity contribution is 0.0793. The SMILES string of the molecule is O=C(c1ccc(CSc2nnc(N3CCCC3)s2)cc1)N1CCCC1. The zero-order valence-corrected chi connectivity index (χ0v) is 15.8. The quantitative estimate of drug-likeness (QED) is 0.748. The van der Waals surface area contributed by atoms with Crippen molar-refractivity contribution in [1.29, 1.82) is 0 Å². The van der Waals surface area contributed by atoms with Crippen LogP contribution < -0.4 is 4.90 Å². The lowest BCUT2D eigenvalue weighted by Gasteiger charge is -2.15. The van der Waals surface area contributed by atoms with Crippen molar-refractivity contribution in [3.63, 3.8) is 0 Å². The van der Waals surface area contributed by atoms with Crippen LogP contribution in [0.15, 0.2) is 28.6 Å². The molecule has 132 valence electrons. The lowest BCUT2D eigenvalue weighted by Crippen LogP contribution is -2.27. The standard InChI is InChI=1S/C18H22N4OS2/c23-16(21-9-1-2-10-21)15-7-5-14(6-8-15)13-24-18-20-19-17(25-18)22-11-3-4-12-22/h5-8H,1-4,9-13H2. The van der Waals surface area contributed by atoms with Gasteiger partial charge in [0.25, 0.3) is 5.91 Å². The van der Waals surface area contributed by atoms with Crippen LogP contribution in [0.2, 0.25) is 0 Å². The highest BCUT2D eigenvalue weighted by Crippen LogP contribution is 2.31. The molecule has 2 aromatic rings. The van der Waals surface area contributed by atoms with Gasteiger partial charge in [-0.15, -0.1) is 10.2 Å². The molecule has 3 heterocycles. The predicted molar refractivity (Wildman–Crippen MR) is 102 cm³/mol. The van der Waals surface area contributed by atoms with E-state index in [2.05, 4.69) is 27.2 Å². The molecule has 7 heteroatoms. The highest BCUT2D eigenvalue weighted by atomic mass is 32.2. The molecule has 5 nitrogen and oxygen atoms in total. The molecule has 0 bridgehead atoms. The zero-order chi connectivity index (χ0) is 17.1. The molecule has 0 unspecified atom stereocenters. The van der Waals surface area contributed by atoms with Gasteiger partial charge in [0, 0.05) is 37.5 Å². The van der Waals surface area contributed by atoms with Crippen molar-refractivity contribution in [2.24, 2.45) is 0 Å². The molecule has 25 heavy (non-hydrogen) atoms. The summed E-state index contributed by atoms with van der Waals surface area (Å²) in [5, 5.41) is 9.67. The Morgan fingerprint density at radius 1 is 1.00 bits per heavy atom. The molecule has 2 fully saturated rings. The van der Waals surface area contributed by atoms with Gasteiger partial charge in [0.2, 0.25) is 5.13 Å². The molecule has 4 rings (SSSR count). The number of anilines is 1. The molecule has 0 N–H and O–H groups in total. The monoisotopic (exact) mass is 374 g/mol. The van der Waals surface area contributed by atoms with Gasteiger partial charge < -0.3 is 9.80 Å². The first-order valence-corrected chi connectivity index (χ1v) is 10.7. The van der Waals surface area contributed by atoms with E-state index >= 15 is 0 Å². The second-order valence-electron chi connectivity index (χ2n) is 6.53. The third kappa shape index (κ3) is 3.98. The number of carbonyl (C=O) groups excluding carboxylic acids is 1. The second-order valence-corrected chi connectivity index (χ2v) is 8.71. The average Bonchev–Trinajstić information content (AvgIpc) is 3.42. The maximum Gasteiger partial charge on any atom is 0.253 e. The largest absolute Gasteiger partial charge is 0.347 e. The van der Waals surface area contributed by atoms with E-state index in [0.717, 1.165) is 59.8 Å². The van der Waals surface area contributed by atoms with E-state index in [-0.39, 0.29) is 5.91 Å². The Morgan fingerprint density at radius 3 is 2.40 bits per heavy atom. The van der Waals surface area contributed by atoms with Gasteiger partial charge in [0.15, 0.2) is 4.34 Å². The minimum Gasteiger partial charge on any atom is -0.347 e. The van der Waals surface area contributed by atoms with Crippen LogP contribution in [0.25, 0.3) is 0 Å². The topological polar surface area (TPSA) is 49.3 Å². The van der Waals surface area contributed by atoms with E-state index in [1.807, 2.05) is 17.0 Å². The maximum absolute atomic E-state index is 12.4. The average molecular weight is 375 g/mol. The van der Waals surface area contributed by atoms with E-state index in [9.17, 15) is 4.79 Å². The third-order valence-electron chi connectivity index (χ3n) is 4.73. The van der Waals surface area contributed by atoms with Gasteiger partial charge in [0.1, 0.15) is 0 Å². The number of amides is 1. The highest BCUT2D eigenvalue weighted by Gasteiger charge is 2.19. The number of benzene rings is 1. The first-order chi connectivity index (χ1) is 12.3. The number of carbonyl (C=O) groups is 1. The van der Waals surface area contributed by atoms with Crippen LogP contribution in [0.1, 0.15) is 41.6 Å². The molecule has 1 aromatic carbocycles. The van der Waals surface area contributed by atoms with Gasteiger partial charge in [-0.1, -0.05) is 35.2 Å². The molecule has 2 aliphatic rings. The van der Waals surface area contributed by atoms with Crippen molar-refractivity contribution in [1.82, 2.24) is 15.1 Å². The van der Waals surface area contributed by atoms with Crippen LogP contribution in [0, 0.1) is 0 Å². The van der Waals surface area contributed by atoms with E-state index in [0.29, 0.717) is 0 Å². The fourth-order valence-electron chi connectivity index (χ4n) is 3.29. The Labute approximate surface area is 156 Å². The minimum atomic E-state index is 0.163. The summed E-state index contributed by atoms with van der Waals surface area (Å²) < 4.78 is 1.01. The van der Waals surface area contributed by atoms with Crippen LogP contribution >= 0.6 is 23.1 Å².